The maximum absolute atomic E-state index is 12.9. The van der Waals surface area contributed by atoms with Gasteiger partial charge in [-0.1, -0.05) is 0 Å². The van der Waals surface area contributed by atoms with Gasteiger partial charge in [-0.25, -0.2) is 4.98 Å². The highest BCUT2D eigenvalue weighted by atomic mass is 32.1. The standard InChI is InChI=1S/C17H17F3N6O3S/c1-9-14(15(28)23-10-2-3-13(22-6-10)29-5-4-27)16(30-26-9)25-12-8-21-7-11(24-12)17(18,19)20/h2-3,6,8,11,27H,4-5,7H2,1H3,(H,23,28)(H,24,25). The molecule has 3 heterocycles. The molecule has 0 spiro atoms. The summed E-state index contributed by atoms with van der Waals surface area (Å²) in [6.45, 7) is 1.07. The van der Waals surface area contributed by atoms with Crippen LogP contribution in [0.4, 0.5) is 23.9 Å². The normalized spacial score (nSPS) is 16.2. The van der Waals surface area contributed by atoms with Crippen LogP contribution in [0.3, 0.4) is 0 Å². The SMILES string of the molecule is Cc1nsc(NC2=NC(C(F)(F)F)CN=C2)c1C(=O)Nc1ccc(OCCO)nc1. The van der Waals surface area contributed by atoms with Crippen molar-refractivity contribution in [3.8, 4) is 5.88 Å². The summed E-state index contributed by atoms with van der Waals surface area (Å²) in [6.07, 6.45) is -1.94. The van der Waals surface area contributed by atoms with Gasteiger partial charge in [-0.3, -0.25) is 14.8 Å². The van der Waals surface area contributed by atoms with Crippen molar-refractivity contribution in [2.24, 2.45) is 9.98 Å². The minimum absolute atomic E-state index is 0.0931. The van der Waals surface area contributed by atoms with Crippen molar-refractivity contribution < 1.29 is 27.8 Å². The molecule has 1 aliphatic heterocycles. The fraction of sp³-hybridized carbons (Fsp3) is 0.353. The van der Waals surface area contributed by atoms with E-state index in [0.717, 1.165) is 11.5 Å². The number of aliphatic hydroxyl groups is 1. The van der Waals surface area contributed by atoms with Gasteiger partial charge in [0, 0.05) is 6.07 Å². The zero-order valence-corrected chi connectivity index (χ0v) is 16.4. The Morgan fingerprint density at radius 2 is 2.20 bits per heavy atom. The third-order valence-corrected chi connectivity index (χ3v) is 4.69. The molecule has 1 unspecified atom stereocenters. The van der Waals surface area contributed by atoms with Crippen molar-refractivity contribution >= 4 is 40.2 Å². The smallest absolute Gasteiger partial charge is 0.412 e. The highest BCUT2D eigenvalue weighted by Gasteiger charge is 2.40. The lowest BCUT2D eigenvalue weighted by atomic mass is 10.2. The number of alkyl halides is 3. The third kappa shape index (κ3) is 5.30. The molecule has 2 aromatic rings. The molecule has 0 aromatic carbocycles. The molecular formula is C17H17F3N6O3S. The summed E-state index contributed by atoms with van der Waals surface area (Å²) in [7, 11) is 0. The molecule has 0 fully saturated rings. The Kier molecular flexibility index (Phi) is 6.62. The van der Waals surface area contributed by atoms with E-state index in [1.165, 1.54) is 18.5 Å². The lowest BCUT2D eigenvalue weighted by molar-refractivity contribution is -0.144. The van der Waals surface area contributed by atoms with E-state index in [4.69, 9.17) is 9.84 Å². The number of amidine groups is 1. The van der Waals surface area contributed by atoms with Crippen LogP contribution in [0, 0.1) is 6.92 Å². The Hall–Kier alpha value is -3.06. The molecule has 1 amide bonds. The molecular weight excluding hydrogens is 425 g/mol. The number of aliphatic imine (C=N–C) groups is 2. The molecule has 0 saturated heterocycles. The van der Waals surface area contributed by atoms with Crippen LogP contribution in [0.1, 0.15) is 16.1 Å². The third-order valence-electron chi connectivity index (χ3n) is 3.83. The van der Waals surface area contributed by atoms with Crippen molar-refractivity contribution in [2.45, 2.75) is 19.1 Å². The number of carbonyl (C=O) groups is 1. The number of aryl methyl sites for hydroxylation is 1. The van der Waals surface area contributed by atoms with Gasteiger partial charge < -0.3 is 20.5 Å². The molecule has 160 valence electrons. The van der Waals surface area contributed by atoms with E-state index in [-0.39, 0.29) is 35.5 Å². The second-order valence-corrected chi connectivity index (χ2v) is 6.85. The number of nitrogens with zero attached hydrogens (tertiary/aromatic N) is 4. The topological polar surface area (TPSA) is 121 Å². The van der Waals surface area contributed by atoms with Crippen molar-refractivity contribution in [1.82, 2.24) is 9.36 Å². The summed E-state index contributed by atoms with van der Waals surface area (Å²) in [6, 6.07) is 1.15. The van der Waals surface area contributed by atoms with Crippen molar-refractivity contribution in [2.75, 3.05) is 30.4 Å². The number of pyridine rings is 1. The first-order valence-electron chi connectivity index (χ1n) is 8.66. The quantitative estimate of drug-likeness (QED) is 0.631. The van der Waals surface area contributed by atoms with Crippen LogP contribution < -0.4 is 15.4 Å². The van der Waals surface area contributed by atoms with Crippen LogP contribution in [0.25, 0.3) is 0 Å². The van der Waals surface area contributed by atoms with Crippen molar-refractivity contribution in [3.63, 3.8) is 0 Å². The van der Waals surface area contributed by atoms with E-state index < -0.39 is 24.7 Å². The van der Waals surface area contributed by atoms with E-state index >= 15 is 0 Å². The molecule has 30 heavy (non-hydrogen) atoms. The number of halogens is 3. The average Bonchev–Trinajstić information content (AvgIpc) is 3.07. The Bertz CT molecular complexity index is 959. The molecule has 0 radical (unpaired) electrons. The van der Waals surface area contributed by atoms with E-state index in [9.17, 15) is 18.0 Å². The predicted octanol–water partition coefficient (Wildman–Crippen LogP) is 2.30. The first-order chi connectivity index (χ1) is 14.3. The van der Waals surface area contributed by atoms with E-state index in [2.05, 4.69) is 30.0 Å². The van der Waals surface area contributed by atoms with Gasteiger partial charge in [-0.2, -0.15) is 17.5 Å². The second-order valence-electron chi connectivity index (χ2n) is 6.07. The number of aliphatic hydroxyl groups excluding tert-OH is 1. The van der Waals surface area contributed by atoms with Crippen molar-refractivity contribution in [3.05, 3.63) is 29.6 Å². The summed E-state index contributed by atoms with van der Waals surface area (Å²) in [4.78, 5) is 24.0. The van der Waals surface area contributed by atoms with Gasteiger partial charge in [0.15, 0.2) is 6.04 Å². The minimum atomic E-state index is -4.51. The molecule has 3 N–H and O–H groups in total. The van der Waals surface area contributed by atoms with Gasteiger partial charge >= 0.3 is 6.18 Å². The molecule has 3 rings (SSSR count). The van der Waals surface area contributed by atoms with Crippen LogP contribution in [0.5, 0.6) is 5.88 Å². The number of ether oxygens (including phenoxy) is 1. The van der Waals surface area contributed by atoms with Gasteiger partial charge in [0.25, 0.3) is 5.91 Å². The van der Waals surface area contributed by atoms with E-state index in [1.807, 2.05) is 0 Å². The van der Waals surface area contributed by atoms with E-state index in [1.54, 1.807) is 13.0 Å². The lowest BCUT2D eigenvalue weighted by Crippen LogP contribution is -2.35. The molecule has 2 aromatic heterocycles. The number of hydrogen-bond donors (Lipinski definition) is 3. The molecule has 9 nitrogen and oxygen atoms in total. The number of hydrogen-bond acceptors (Lipinski definition) is 9. The maximum atomic E-state index is 12.9. The highest BCUT2D eigenvalue weighted by Crippen LogP contribution is 2.28. The van der Waals surface area contributed by atoms with E-state index in [0.29, 0.717) is 11.4 Å². The number of nitrogens with one attached hydrogen (secondary N) is 2. The zero-order valence-electron chi connectivity index (χ0n) is 15.6. The molecule has 1 atom stereocenters. The molecule has 13 heteroatoms. The second kappa shape index (κ2) is 9.17. The van der Waals surface area contributed by atoms with Gasteiger partial charge in [0.1, 0.15) is 17.4 Å². The van der Waals surface area contributed by atoms with Crippen LogP contribution >= 0.6 is 11.5 Å². The fourth-order valence-corrected chi connectivity index (χ4v) is 3.25. The summed E-state index contributed by atoms with van der Waals surface area (Å²) in [5, 5.41) is 14.3. The zero-order chi connectivity index (χ0) is 21.7. The Morgan fingerprint density at radius 1 is 1.40 bits per heavy atom. The lowest BCUT2D eigenvalue weighted by Gasteiger charge is -2.18. The first kappa shape index (κ1) is 21.6. The summed E-state index contributed by atoms with van der Waals surface area (Å²) in [5.41, 5.74) is 0.948. The molecule has 0 saturated carbocycles. The average molecular weight is 442 g/mol. The largest absolute Gasteiger partial charge is 0.475 e. The van der Waals surface area contributed by atoms with Gasteiger partial charge in [-0.05, 0) is 24.5 Å². The molecule has 1 aliphatic rings. The number of carbonyl (C=O) groups excluding carboxylic acids is 1. The summed E-state index contributed by atoms with van der Waals surface area (Å²) >= 11 is 0.924. The monoisotopic (exact) mass is 442 g/mol. The van der Waals surface area contributed by atoms with Crippen LogP contribution in [-0.4, -0.2) is 64.4 Å². The summed E-state index contributed by atoms with van der Waals surface area (Å²) in [5.74, 6) is -0.338. The van der Waals surface area contributed by atoms with Crippen molar-refractivity contribution in [1.29, 1.82) is 0 Å². The van der Waals surface area contributed by atoms with Gasteiger partial charge in [0.05, 0.1) is 42.5 Å². The summed E-state index contributed by atoms with van der Waals surface area (Å²) < 4.78 is 47.9. The Labute approximate surface area is 172 Å². The number of amides is 1. The van der Waals surface area contributed by atoms with Crippen LogP contribution in [-0.2, 0) is 0 Å². The Balaban J connectivity index is 1.73. The minimum Gasteiger partial charge on any atom is -0.475 e. The number of anilines is 2. The first-order valence-corrected chi connectivity index (χ1v) is 9.44. The Morgan fingerprint density at radius 3 is 2.87 bits per heavy atom. The fourth-order valence-electron chi connectivity index (χ4n) is 2.44. The number of aromatic nitrogens is 2. The molecule has 0 bridgehead atoms. The highest BCUT2D eigenvalue weighted by molar-refractivity contribution is 7.11. The van der Waals surface area contributed by atoms with Gasteiger partial charge in [0.2, 0.25) is 5.88 Å². The van der Waals surface area contributed by atoms with Crippen LogP contribution in [0.2, 0.25) is 0 Å². The number of rotatable bonds is 6. The maximum Gasteiger partial charge on any atom is 0.412 e. The molecule has 0 aliphatic carbocycles. The van der Waals surface area contributed by atoms with Crippen LogP contribution in [0.15, 0.2) is 28.3 Å². The predicted molar refractivity (Wildman–Crippen MR) is 106 cm³/mol. The van der Waals surface area contributed by atoms with Gasteiger partial charge in [-0.15, -0.1) is 0 Å².